The molecular formula is C20H19F6NO3. The summed E-state index contributed by atoms with van der Waals surface area (Å²) in [6.07, 6.45) is -8.91. The molecule has 1 aliphatic rings. The Hall–Kier alpha value is -2.46. The van der Waals surface area contributed by atoms with E-state index in [-0.39, 0.29) is 17.6 Å². The number of nitrogens with one attached hydrogen (secondary N) is 1. The van der Waals surface area contributed by atoms with Gasteiger partial charge in [-0.15, -0.1) is 26.3 Å². The first-order chi connectivity index (χ1) is 14.1. The average molecular weight is 435 g/mol. The summed E-state index contributed by atoms with van der Waals surface area (Å²) in [4.78, 5) is 0. The molecule has 0 aromatic heterocycles. The van der Waals surface area contributed by atoms with Crippen molar-refractivity contribution in [2.75, 3.05) is 13.1 Å². The van der Waals surface area contributed by atoms with Crippen molar-refractivity contribution >= 4 is 0 Å². The van der Waals surface area contributed by atoms with Crippen LogP contribution >= 0.6 is 0 Å². The number of alkyl halides is 6. The third kappa shape index (κ3) is 6.81. The van der Waals surface area contributed by atoms with E-state index in [2.05, 4.69) is 14.8 Å². The van der Waals surface area contributed by atoms with E-state index in [1.165, 1.54) is 48.5 Å². The van der Waals surface area contributed by atoms with Gasteiger partial charge in [-0.3, -0.25) is 0 Å². The molecule has 10 heteroatoms. The van der Waals surface area contributed by atoms with Crippen LogP contribution in [0.25, 0.3) is 0 Å². The largest absolute Gasteiger partial charge is 0.573 e. The zero-order valence-electron chi connectivity index (χ0n) is 15.6. The summed E-state index contributed by atoms with van der Waals surface area (Å²) >= 11 is 0. The van der Waals surface area contributed by atoms with E-state index in [0.29, 0.717) is 11.1 Å². The molecule has 0 unspecified atom stereocenters. The van der Waals surface area contributed by atoms with Crippen molar-refractivity contribution < 1.29 is 40.6 Å². The number of ether oxygens (including phenoxy) is 3. The summed E-state index contributed by atoms with van der Waals surface area (Å²) in [5, 5.41) is 3.20. The van der Waals surface area contributed by atoms with E-state index in [4.69, 9.17) is 4.74 Å². The van der Waals surface area contributed by atoms with Gasteiger partial charge in [-0.1, -0.05) is 24.3 Å². The number of piperidine rings is 1. The molecule has 4 nitrogen and oxygen atoms in total. The number of hydrogen-bond donors (Lipinski definition) is 1. The molecule has 1 saturated heterocycles. The van der Waals surface area contributed by atoms with Gasteiger partial charge in [-0.2, -0.15) is 0 Å². The summed E-state index contributed by atoms with van der Waals surface area (Å²) in [5.41, 5.74) is 1.10. The van der Waals surface area contributed by atoms with Crippen LogP contribution in [0.1, 0.15) is 30.1 Å². The van der Waals surface area contributed by atoms with Crippen LogP contribution in [0.2, 0.25) is 0 Å². The minimum Gasteiger partial charge on any atom is -0.406 e. The maximum Gasteiger partial charge on any atom is 0.573 e. The molecule has 0 spiro atoms. The van der Waals surface area contributed by atoms with Gasteiger partial charge in [0.25, 0.3) is 0 Å². The van der Waals surface area contributed by atoms with Crippen LogP contribution in [0, 0.1) is 0 Å². The van der Waals surface area contributed by atoms with Gasteiger partial charge in [0.1, 0.15) is 17.6 Å². The highest BCUT2D eigenvalue weighted by Gasteiger charge is 2.32. The second kappa shape index (κ2) is 9.13. The van der Waals surface area contributed by atoms with Gasteiger partial charge < -0.3 is 19.5 Å². The number of halogens is 6. The molecule has 0 atom stereocenters. The van der Waals surface area contributed by atoms with Crippen LogP contribution in [0.5, 0.6) is 11.5 Å². The highest BCUT2D eigenvalue weighted by Crippen LogP contribution is 2.33. The van der Waals surface area contributed by atoms with E-state index >= 15 is 0 Å². The zero-order chi connectivity index (χ0) is 21.8. The van der Waals surface area contributed by atoms with E-state index in [1.807, 2.05) is 0 Å². The van der Waals surface area contributed by atoms with Gasteiger partial charge in [0, 0.05) is 0 Å². The molecule has 3 rings (SSSR count). The maximum absolute atomic E-state index is 12.4. The predicted octanol–water partition coefficient (Wildman–Crippen LogP) is 5.34. The van der Waals surface area contributed by atoms with Crippen LogP contribution in [0.15, 0.2) is 48.5 Å². The molecule has 0 aliphatic carbocycles. The lowest BCUT2D eigenvalue weighted by Crippen LogP contribution is -2.33. The van der Waals surface area contributed by atoms with E-state index in [0.717, 1.165) is 25.9 Å². The van der Waals surface area contributed by atoms with Gasteiger partial charge in [-0.05, 0) is 61.3 Å². The predicted molar refractivity (Wildman–Crippen MR) is 95.1 cm³/mol. The molecule has 1 heterocycles. The van der Waals surface area contributed by atoms with Gasteiger partial charge in [0.2, 0.25) is 0 Å². The minimum absolute atomic E-state index is 0.103. The summed E-state index contributed by atoms with van der Waals surface area (Å²) < 4.78 is 88.3. The normalized spacial score (nSPS) is 16.0. The Bertz CT molecular complexity index is 740. The first-order valence-electron chi connectivity index (χ1n) is 9.17. The SMILES string of the molecule is FC(F)(F)Oc1ccc(C(OC2CCNCC2)c2ccc(OC(F)(F)F)cc2)cc1. The van der Waals surface area contributed by atoms with Crippen molar-refractivity contribution in [3.8, 4) is 11.5 Å². The van der Waals surface area contributed by atoms with Crippen molar-refractivity contribution in [2.24, 2.45) is 0 Å². The molecule has 2 aromatic rings. The quantitative estimate of drug-likeness (QED) is 0.622. The van der Waals surface area contributed by atoms with Gasteiger partial charge in [-0.25, -0.2) is 0 Å². The Morgan fingerprint density at radius 1 is 0.700 bits per heavy atom. The Labute approximate surface area is 168 Å². The highest BCUT2D eigenvalue weighted by molar-refractivity contribution is 5.37. The Kier molecular flexibility index (Phi) is 6.77. The summed E-state index contributed by atoms with van der Waals surface area (Å²) in [5.74, 6) is -0.749. The molecule has 0 radical (unpaired) electrons. The Morgan fingerprint density at radius 2 is 1.10 bits per heavy atom. The van der Waals surface area contributed by atoms with Crippen LogP contribution in [0.4, 0.5) is 26.3 Å². The standard InChI is InChI=1S/C20H19F6NO3/c21-19(22,23)29-16-5-1-13(2-6-16)18(28-15-9-11-27-12-10-15)14-3-7-17(8-4-14)30-20(24,25)26/h1-8,15,18,27H,9-12H2. The molecule has 164 valence electrons. The minimum atomic E-state index is -4.80. The van der Waals surface area contributed by atoms with Crippen LogP contribution < -0.4 is 14.8 Å². The summed E-state index contributed by atoms with van der Waals surface area (Å²) in [7, 11) is 0. The number of benzene rings is 2. The summed E-state index contributed by atoms with van der Waals surface area (Å²) in [6.45, 7) is 1.52. The smallest absolute Gasteiger partial charge is 0.406 e. The fourth-order valence-electron chi connectivity index (χ4n) is 3.16. The zero-order valence-corrected chi connectivity index (χ0v) is 15.6. The average Bonchev–Trinajstić information content (AvgIpc) is 2.66. The van der Waals surface area contributed by atoms with Gasteiger partial charge in [0.05, 0.1) is 6.10 Å². The second-order valence-corrected chi connectivity index (χ2v) is 6.70. The molecule has 30 heavy (non-hydrogen) atoms. The molecule has 1 aliphatic heterocycles. The number of rotatable bonds is 6. The van der Waals surface area contributed by atoms with Crippen LogP contribution in [0.3, 0.4) is 0 Å². The number of hydrogen-bond acceptors (Lipinski definition) is 4. The topological polar surface area (TPSA) is 39.7 Å². The van der Waals surface area contributed by atoms with E-state index in [1.54, 1.807) is 0 Å². The van der Waals surface area contributed by atoms with Crippen molar-refractivity contribution in [1.29, 1.82) is 0 Å². The highest BCUT2D eigenvalue weighted by atomic mass is 19.4. The van der Waals surface area contributed by atoms with Gasteiger partial charge in [0.15, 0.2) is 0 Å². The molecule has 1 N–H and O–H groups in total. The lowest BCUT2D eigenvalue weighted by Gasteiger charge is -2.29. The van der Waals surface area contributed by atoms with Crippen molar-refractivity contribution in [3.05, 3.63) is 59.7 Å². The summed E-state index contributed by atoms with van der Waals surface area (Å²) in [6, 6.07) is 10.4. The molecule has 1 fully saturated rings. The first-order valence-corrected chi connectivity index (χ1v) is 9.17. The van der Waals surface area contributed by atoms with Crippen molar-refractivity contribution in [3.63, 3.8) is 0 Å². The Morgan fingerprint density at radius 3 is 1.47 bits per heavy atom. The lowest BCUT2D eigenvalue weighted by atomic mass is 10.00. The van der Waals surface area contributed by atoms with Gasteiger partial charge >= 0.3 is 12.7 Å². The molecule has 2 aromatic carbocycles. The van der Waals surface area contributed by atoms with Crippen molar-refractivity contribution in [1.82, 2.24) is 5.32 Å². The maximum atomic E-state index is 12.4. The molecule has 0 saturated carbocycles. The monoisotopic (exact) mass is 435 g/mol. The Balaban J connectivity index is 1.83. The molecule has 0 amide bonds. The van der Waals surface area contributed by atoms with Crippen molar-refractivity contribution in [2.45, 2.75) is 37.8 Å². The lowest BCUT2D eigenvalue weighted by molar-refractivity contribution is -0.275. The van der Waals surface area contributed by atoms with E-state index in [9.17, 15) is 26.3 Å². The van der Waals surface area contributed by atoms with E-state index < -0.39 is 18.8 Å². The molecule has 0 bridgehead atoms. The fraction of sp³-hybridized carbons (Fsp3) is 0.400. The first kappa shape index (κ1) is 22.2. The fourth-order valence-corrected chi connectivity index (χ4v) is 3.16. The third-order valence-electron chi connectivity index (χ3n) is 4.45. The third-order valence-corrected chi connectivity index (χ3v) is 4.45. The molecular weight excluding hydrogens is 416 g/mol. The van der Waals surface area contributed by atoms with Crippen LogP contribution in [-0.2, 0) is 4.74 Å². The van der Waals surface area contributed by atoms with Crippen LogP contribution in [-0.4, -0.2) is 31.9 Å². The second-order valence-electron chi connectivity index (χ2n) is 6.70.